The van der Waals surface area contributed by atoms with Crippen molar-refractivity contribution in [2.45, 2.75) is 20.0 Å². The molecule has 0 saturated carbocycles. The van der Waals surface area contributed by atoms with Gasteiger partial charge in [-0.2, -0.15) is 0 Å². The second kappa shape index (κ2) is 9.52. The lowest BCUT2D eigenvalue weighted by Crippen LogP contribution is -2.30. The summed E-state index contributed by atoms with van der Waals surface area (Å²) in [5.74, 6) is -1.20. The summed E-state index contributed by atoms with van der Waals surface area (Å²) >= 11 is 0. The molecule has 152 valence electrons. The van der Waals surface area contributed by atoms with E-state index in [9.17, 15) is 14.4 Å². The Labute approximate surface area is 174 Å². The topological polar surface area (TPSA) is 84.5 Å². The summed E-state index contributed by atoms with van der Waals surface area (Å²) < 4.78 is 5.28. The molecule has 0 aromatic heterocycles. The molecule has 0 heterocycles. The Morgan fingerprint density at radius 3 is 1.83 bits per heavy atom. The number of hydrogen-bond donors (Lipinski definition) is 2. The maximum atomic E-state index is 12.4. The summed E-state index contributed by atoms with van der Waals surface area (Å²) in [5, 5.41) is 5.33. The van der Waals surface area contributed by atoms with Crippen LogP contribution in [0.5, 0.6) is 0 Å². The molecule has 2 N–H and O–H groups in total. The minimum atomic E-state index is -0.971. The van der Waals surface area contributed by atoms with Gasteiger partial charge in [0, 0.05) is 18.3 Å². The average molecular weight is 402 g/mol. The lowest BCUT2D eigenvalue weighted by molar-refractivity contribution is -0.123. The summed E-state index contributed by atoms with van der Waals surface area (Å²) in [4.78, 5) is 35.7. The van der Waals surface area contributed by atoms with Crippen molar-refractivity contribution >= 4 is 29.2 Å². The van der Waals surface area contributed by atoms with Crippen LogP contribution in [-0.4, -0.2) is 23.9 Å². The maximum absolute atomic E-state index is 12.4. The molecule has 30 heavy (non-hydrogen) atoms. The molecular formula is C24H22N2O4. The van der Waals surface area contributed by atoms with E-state index in [1.54, 1.807) is 36.4 Å². The molecule has 0 saturated heterocycles. The number of benzene rings is 3. The van der Waals surface area contributed by atoms with E-state index in [4.69, 9.17) is 4.74 Å². The molecule has 0 aliphatic rings. The minimum absolute atomic E-state index is 0.177. The van der Waals surface area contributed by atoms with Crippen LogP contribution in [0.15, 0.2) is 78.9 Å². The fourth-order valence-corrected chi connectivity index (χ4v) is 2.80. The molecule has 0 aliphatic carbocycles. The summed E-state index contributed by atoms with van der Waals surface area (Å²) in [6.45, 7) is 2.93. The Morgan fingerprint density at radius 2 is 1.27 bits per heavy atom. The first-order valence-corrected chi connectivity index (χ1v) is 9.47. The Balaban J connectivity index is 1.57. The third kappa shape index (κ3) is 5.54. The van der Waals surface area contributed by atoms with E-state index in [-0.39, 0.29) is 5.91 Å². The summed E-state index contributed by atoms with van der Waals surface area (Å²) in [6.07, 6.45) is -0.971. The molecule has 0 fully saturated rings. The monoisotopic (exact) mass is 402 g/mol. The van der Waals surface area contributed by atoms with Gasteiger partial charge in [-0.05, 0) is 54.4 Å². The Morgan fingerprint density at radius 1 is 0.733 bits per heavy atom. The zero-order chi connectivity index (χ0) is 21.5. The first-order valence-electron chi connectivity index (χ1n) is 9.47. The third-order valence-corrected chi connectivity index (χ3v) is 4.35. The van der Waals surface area contributed by atoms with Crippen LogP contribution in [0.2, 0.25) is 0 Å². The highest BCUT2D eigenvalue weighted by Gasteiger charge is 2.19. The summed E-state index contributed by atoms with van der Waals surface area (Å²) in [6, 6.07) is 23.5. The molecule has 0 bridgehead atoms. The van der Waals surface area contributed by atoms with Crippen LogP contribution in [0, 0.1) is 0 Å². The molecule has 1 unspecified atom stereocenters. The van der Waals surface area contributed by atoms with Gasteiger partial charge in [0.25, 0.3) is 5.91 Å². The van der Waals surface area contributed by atoms with Crippen LogP contribution in [0.1, 0.15) is 24.2 Å². The smallest absolute Gasteiger partial charge is 0.338 e. The van der Waals surface area contributed by atoms with E-state index in [0.717, 1.165) is 11.1 Å². The van der Waals surface area contributed by atoms with Gasteiger partial charge in [-0.3, -0.25) is 9.59 Å². The number of ether oxygens (including phenoxy) is 1. The number of rotatable bonds is 6. The highest BCUT2D eigenvalue weighted by atomic mass is 16.5. The Bertz CT molecular complexity index is 1030. The van der Waals surface area contributed by atoms with Gasteiger partial charge in [-0.25, -0.2) is 4.79 Å². The van der Waals surface area contributed by atoms with E-state index in [1.807, 2.05) is 42.5 Å². The molecule has 0 aliphatic heterocycles. The lowest BCUT2D eigenvalue weighted by Gasteiger charge is -2.14. The number of nitrogens with one attached hydrogen (secondary N) is 2. The van der Waals surface area contributed by atoms with Gasteiger partial charge in [0.2, 0.25) is 5.91 Å². The van der Waals surface area contributed by atoms with E-state index in [0.29, 0.717) is 16.9 Å². The number of carbonyl (C=O) groups is 3. The molecule has 3 aromatic rings. The van der Waals surface area contributed by atoms with Crippen LogP contribution in [0.25, 0.3) is 11.1 Å². The van der Waals surface area contributed by atoms with E-state index in [1.165, 1.54) is 13.8 Å². The molecule has 1 atom stereocenters. The second-order valence-corrected chi connectivity index (χ2v) is 6.74. The number of anilines is 2. The minimum Gasteiger partial charge on any atom is -0.449 e. The van der Waals surface area contributed by atoms with Gasteiger partial charge >= 0.3 is 5.97 Å². The van der Waals surface area contributed by atoms with Gasteiger partial charge in [-0.1, -0.05) is 42.5 Å². The quantitative estimate of drug-likeness (QED) is 0.595. The highest BCUT2D eigenvalue weighted by Crippen LogP contribution is 2.20. The number of amides is 2. The Hall–Kier alpha value is -3.93. The predicted octanol–water partition coefficient (Wildman–Crippen LogP) is 4.50. The van der Waals surface area contributed by atoms with Crippen molar-refractivity contribution in [1.82, 2.24) is 0 Å². The Kier molecular flexibility index (Phi) is 6.60. The van der Waals surface area contributed by atoms with Crippen molar-refractivity contribution in [2.75, 3.05) is 10.6 Å². The third-order valence-electron chi connectivity index (χ3n) is 4.35. The number of carbonyl (C=O) groups excluding carboxylic acids is 3. The predicted molar refractivity (Wildman–Crippen MR) is 116 cm³/mol. The van der Waals surface area contributed by atoms with Gasteiger partial charge in [0.05, 0.1) is 5.56 Å². The maximum Gasteiger partial charge on any atom is 0.338 e. The molecule has 0 spiro atoms. The van der Waals surface area contributed by atoms with Gasteiger partial charge in [0.15, 0.2) is 6.10 Å². The molecule has 0 radical (unpaired) electrons. The average Bonchev–Trinajstić information content (AvgIpc) is 2.75. The molecule has 3 rings (SSSR count). The second-order valence-electron chi connectivity index (χ2n) is 6.74. The van der Waals surface area contributed by atoms with Gasteiger partial charge < -0.3 is 15.4 Å². The van der Waals surface area contributed by atoms with Crippen molar-refractivity contribution in [3.8, 4) is 11.1 Å². The largest absolute Gasteiger partial charge is 0.449 e. The lowest BCUT2D eigenvalue weighted by atomic mass is 10.0. The van der Waals surface area contributed by atoms with Crippen molar-refractivity contribution in [3.05, 3.63) is 84.4 Å². The zero-order valence-corrected chi connectivity index (χ0v) is 16.7. The highest BCUT2D eigenvalue weighted by molar-refractivity contribution is 5.97. The van der Waals surface area contributed by atoms with E-state index in [2.05, 4.69) is 10.6 Å². The zero-order valence-electron chi connectivity index (χ0n) is 16.7. The first-order chi connectivity index (χ1) is 14.4. The van der Waals surface area contributed by atoms with E-state index < -0.39 is 18.0 Å². The van der Waals surface area contributed by atoms with Crippen LogP contribution in [0.3, 0.4) is 0 Å². The normalized spacial score (nSPS) is 11.3. The number of esters is 1. The van der Waals surface area contributed by atoms with Crippen molar-refractivity contribution in [2.24, 2.45) is 0 Å². The van der Waals surface area contributed by atoms with Gasteiger partial charge in [0.1, 0.15) is 0 Å². The first kappa shape index (κ1) is 20.8. The number of hydrogen-bond acceptors (Lipinski definition) is 4. The summed E-state index contributed by atoms with van der Waals surface area (Å²) in [5.41, 5.74) is 3.56. The van der Waals surface area contributed by atoms with Crippen LogP contribution < -0.4 is 10.6 Å². The standard InChI is InChI=1S/C24H22N2O4/c1-16(23(28)26-22-14-12-21(13-15-22)25-17(2)27)30-24(29)20-10-8-19(9-11-20)18-6-4-3-5-7-18/h3-16H,1-2H3,(H,25,27)(H,26,28). The molecular weight excluding hydrogens is 380 g/mol. The summed E-state index contributed by atoms with van der Waals surface area (Å²) in [7, 11) is 0. The van der Waals surface area contributed by atoms with Crippen LogP contribution >= 0.6 is 0 Å². The van der Waals surface area contributed by atoms with E-state index >= 15 is 0 Å². The molecule has 6 heteroatoms. The van der Waals surface area contributed by atoms with Crippen molar-refractivity contribution in [3.63, 3.8) is 0 Å². The molecule has 2 amide bonds. The van der Waals surface area contributed by atoms with Crippen molar-refractivity contribution < 1.29 is 19.1 Å². The fraction of sp³-hybridized carbons (Fsp3) is 0.125. The van der Waals surface area contributed by atoms with Crippen LogP contribution in [-0.2, 0) is 14.3 Å². The van der Waals surface area contributed by atoms with Crippen LogP contribution in [0.4, 0.5) is 11.4 Å². The fourth-order valence-electron chi connectivity index (χ4n) is 2.80. The molecule has 6 nitrogen and oxygen atoms in total. The van der Waals surface area contributed by atoms with Gasteiger partial charge in [-0.15, -0.1) is 0 Å². The SMILES string of the molecule is CC(=O)Nc1ccc(NC(=O)C(C)OC(=O)c2ccc(-c3ccccc3)cc2)cc1. The van der Waals surface area contributed by atoms with Crippen molar-refractivity contribution in [1.29, 1.82) is 0 Å². The molecule has 3 aromatic carbocycles.